The molecule has 520 valence electrons. The summed E-state index contributed by atoms with van der Waals surface area (Å²) in [6.07, 6.45) is 3.75. The van der Waals surface area contributed by atoms with Crippen molar-refractivity contribution in [2.24, 2.45) is 0 Å². The minimum Gasteiger partial charge on any atom is -0.509 e. The van der Waals surface area contributed by atoms with E-state index in [1.807, 2.05) is 0 Å². The highest BCUT2D eigenvalue weighted by atomic mass is 16.7. The number of hydrogen-bond donors (Lipinski definition) is 5. The molecule has 8 fully saturated rings. The number of fused-ring (bicyclic) bond motifs is 4. The van der Waals surface area contributed by atoms with Gasteiger partial charge in [-0.2, -0.15) is 0 Å². The monoisotopic (exact) mass is 1360 g/mol. The van der Waals surface area contributed by atoms with Crippen LogP contribution in [0.5, 0.6) is 0 Å². The summed E-state index contributed by atoms with van der Waals surface area (Å²) in [7, 11) is 0. The van der Waals surface area contributed by atoms with Crippen LogP contribution in [0.25, 0.3) is 0 Å². The van der Waals surface area contributed by atoms with Crippen molar-refractivity contribution < 1.29 is 173 Å². The first-order valence-corrected chi connectivity index (χ1v) is 28.3. The van der Waals surface area contributed by atoms with Crippen LogP contribution < -0.4 is 0 Å². The highest BCUT2D eigenvalue weighted by Crippen LogP contribution is 2.34. The molecule has 16 atom stereocenters. The molecule has 8 heterocycles. The Bertz CT molecular complexity index is 2580. The lowest BCUT2D eigenvalue weighted by Crippen LogP contribution is -2.35. The van der Waals surface area contributed by atoms with Crippen LogP contribution in [0.1, 0.15) is 20.8 Å². The number of hydrogen-bond acceptors (Lipinski definition) is 32. The van der Waals surface area contributed by atoms with E-state index in [-0.39, 0.29) is 76.0 Å². The predicted molar refractivity (Wildman–Crippen MR) is 304 cm³/mol. The third-order valence-corrected chi connectivity index (χ3v) is 13.2. The van der Waals surface area contributed by atoms with Gasteiger partial charge in [-0.1, -0.05) is 6.58 Å². The maximum atomic E-state index is 11.6. The quantitative estimate of drug-likeness (QED) is 0.0231. The molecule has 36 nitrogen and oxygen atoms in total. The van der Waals surface area contributed by atoms with Crippen LogP contribution in [-0.2, 0) is 148 Å². The van der Waals surface area contributed by atoms with Crippen molar-refractivity contribution in [3.05, 3.63) is 110 Å². The molecule has 0 spiro atoms. The summed E-state index contributed by atoms with van der Waals surface area (Å²) in [6.45, 7) is 7.52. The number of ketones is 3. The number of aliphatic carboxylic acids is 4. The second-order valence-corrected chi connectivity index (χ2v) is 20.5. The van der Waals surface area contributed by atoms with Gasteiger partial charge in [0.2, 0.25) is 0 Å². The van der Waals surface area contributed by atoms with E-state index in [0.29, 0.717) is 24.3 Å². The number of rotatable bonds is 24. The number of ether oxygens (including phenoxy) is 16. The molecule has 0 aliphatic carbocycles. The third-order valence-electron chi connectivity index (χ3n) is 13.2. The highest BCUT2D eigenvalue weighted by Gasteiger charge is 2.54. The van der Waals surface area contributed by atoms with Gasteiger partial charge in [-0.05, 0) is 45.1 Å². The number of carbonyl (C=O) groups excluding carboxylic acids is 11. The Labute approximate surface area is 541 Å². The van der Waals surface area contributed by atoms with Crippen molar-refractivity contribution in [3.63, 3.8) is 0 Å². The molecule has 0 saturated carbocycles. The molecule has 8 rings (SSSR count). The van der Waals surface area contributed by atoms with Gasteiger partial charge in [0, 0.05) is 72.9 Å². The van der Waals surface area contributed by atoms with E-state index in [1.54, 1.807) is 0 Å². The van der Waals surface area contributed by atoms with Gasteiger partial charge in [0.15, 0.2) is 66.2 Å². The maximum Gasteiger partial charge on any atom is 0.331 e. The molecule has 8 saturated heterocycles. The summed E-state index contributed by atoms with van der Waals surface area (Å²) in [4.78, 5) is 166. The van der Waals surface area contributed by atoms with Crippen molar-refractivity contribution in [2.75, 3.05) is 52.9 Å². The second-order valence-electron chi connectivity index (χ2n) is 20.5. The molecule has 0 bridgehead atoms. The van der Waals surface area contributed by atoms with Crippen LogP contribution in [0.15, 0.2) is 110 Å². The number of carbonyl (C=O) groups is 15. The third kappa shape index (κ3) is 25.6. The van der Waals surface area contributed by atoms with Gasteiger partial charge in [-0.3, -0.25) is 14.4 Å². The van der Waals surface area contributed by atoms with Gasteiger partial charge in [0.1, 0.15) is 54.6 Å². The molecule has 96 heavy (non-hydrogen) atoms. The Morgan fingerprint density at radius 2 is 0.385 bits per heavy atom. The number of carboxylic acid groups (broad SMARTS) is 4. The first kappa shape index (κ1) is 76.5. The number of aliphatic hydroxyl groups excluding tert-OH is 1. The summed E-state index contributed by atoms with van der Waals surface area (Å²) in [5.74, 6) is -12.4. The van der Waals surface area contributed by atoms with E-state index in [2.05, 4.69) is 6.58 Å². The molecule has 8 aliphatic heterocycles. The predicted octanol–water partition coefficient (Wildman–Crippen LogP) is -1.94. The number of carboxylic acids is 4. The van der Waals surface area contributed by atoms with Gasteiger partial charge >= 0.3 is 71.6 Å². The number of aliphatic hydroxyl groups is 1. The molecule has 36 heteroatoms. The average molecular weight is 1360 g/mol. The molecule has 0 unspecified atom stereocenters. The molecule has 5 N–H and O–H groups in total. The van der Waals surface area contributed by atoms with Gasteiger partial charge < -0.3 is 101 Å². The van der Waals surface area contributed by atoms with E-state index in [9.17, 15) is 71.9 Å². The lowest BCUT2D eigenvalue weighted by atomic mass is 10.1. The summed E-state index contributed by atoms with van der Waals surface area (Å²) < 4.78 is 84.4. The fourth-order valence-corrected chi connectivity index (χ4v) is 9.31. The maximum absolute atomic E-state index is 11.6. The van der Waals surface area contributed by atoms with Crippen LogP contribution in [0, 0.1) is 0 Å². The summed E-state index contributed by atoms with van der Waals surface area (Å²) in [5.41, 5.74) is 0. The molecule has 0 aromatic heterocycles. The van der Waals surface area contributed by atoms with E-state index in [1.165, 1.54) is 20.8 Å². The van der Waals surface area contributed by atoms with Crippen LogP contribution in [0.2, 0.25) is 0 Å². The lowest BCUT2D eigenvalue weighted by Gasteiger charge is -2.16. The topological polar surface area (TPSA) is 505 Å². The fraction of sp³-hybridized carbons (Fsp3) is 0.450. The molecular weight excluding hydrogens is 1300 g/mol. The smallest absolute Gasteiger partial charge is 0.331 e. The first-order valence-electron chi connectivity index (χ1n) is 28.3. The van der Waals surface area contributed by atoms with Crippen molar-refractivity contribution in [2.45, 2.75) is 118 Å². The van der Waals surface area contributed by atoms with E-state index in [4.69, 9.17) is 101 Å². The minimum absolute atomic E-state index is 0.0410. The zero-order valence-electron chi connectivity index (χ0n) is 50.7. The fourth-order valence-electron chi connectivity index (χ4n) is 9.31. The SMILES string of the molecule is C=C(O)/C=C\C(=O)O[C@@H]1CO[C@H]2[C@@H]1OC[C@H]2OC(=O)/C=C\C(=O)O.CC(=O)/C=C/C(=O)O[C@H]1CO[C@H]2[C@@H]1OC[C@H]2OC(=O)/C=C/C(=O)O.CC(=O)/C=C/C(=O)O[C@H]1CO[C@H]2[C@@H]1OC[C@H]2OC(=O)/C=C\C(=O)O.CC(=O)/C=C/C(=O)O[C@H]1CO[C@H]2[C@@H]1OC[C@H]2OC(=O)/C=C\C(=O)O. The highest BCUT2D eigenvalue weighted by molar-refractivity contribution is 5.96. The lowest BCUT2D eigenvalue weighted by molar-refractivity contribution is -0.150. The van der Waals surface area contributed by atoms with Crippen molar-refractivity contribution >= 4 is 89.0 Å². The zero-order valence-corrected chi connectivity index (χ0v) is 50.7. The minimum atomic E-state index is -1.27. The first-order chi connectivity index (χ1) is 45.5. The number of allylic oxidation sites excluding steroid dienone is 4. The summed E-state index contributed by atoms with van der Waals surface area (Å²) >= 11 is 0. The van der Waals surface area contributed by atoms with Crippen LogP contribution >= 0.6 is 0 Å². The van der Waals surface area contributed by atoms with E-state index in [0.717, 1.165) is 72.9 Å². The summed E-state index contributed by atoms with van der Waals surface area (Å²) in [6, 6.07) is 0. The van der Waals surface area contributed by atoms with Crippen LogP contribution in [-0.4, -0.2) is 265 Å². The van der Waals surface area contributed by atoms with Crippen molar-refractivity contribution in [1.29, 1.82) is 0 Å². The molecule has 0 amide bonds. The Morgan fingerprint density at radius 3 is 0.510 bits per heavy atom. The zero-order chi connectivity index (χ0) is 70.8. The normalized spacial score (nSPS) is 28.9. The molecular formula is C60H64O36. The second kappa shape index (κ2) is 37.6. The molecule has 0 aromatic rings. The Kier molecular flexibility index (Phi) is 30.0. The van der Waals surface area contributed by atoms with Gasteiger partial charge in [-0.25, -0.2) is 57.5 Å². The molecule has 0 aromatic carbocycles. The summed E-state index contributed by atoms with van der Waals surface area (Å²) in [5, 5.41) is 42.7. The van der Waals surface area contributed by atoms with Gasteiger partial charge in [0.25, 0.3) is 0 Å². The van der Waals surface area contributed by atoms with Gasteiger partial charge in [0.05, 0.1) is 52.9 Å². The Balaban J connectivity index is 0.000000231. The standard InChI is InChI=1S/4C15H16O9/c4*1-8(16)2-4-12(19)23-9-6-21-15-10(7-22-14(9)15)24-13(20)5-3-11(17)18/h3*2-5,9-10,14-15H,6-7H2,1H3,(H,17,18);2-5,9-10,14-16H,1,6-7H2,(H,17,18)/b4-2+,5-3+;2*4-2+,5-3-;4-2-,5-3-/t3*9-,10+,14+,15+;9-,10-,14-,15-/m0001/s1. The number of esters is 8. The molecule has 8 aliphatic rings. The molecule has 0 radical (unpaired) electrons. The van der Waals surface area contributed by atoms with E-state index < -0.39 is 169 Å². The van der Waals surface area contributed by atoms with E-state index >= 15 is 0 Å². The Morgan fingerprint density at radius 1 is 0.250 bits per heavy atom. The average Bonchev–Trinajstić information content (AvgIpc) is 1.68. The Hall–Kier alpha value is -10.2. The van der Waals surface area contributed by atoms with Crippen molar-refractivity contribution in [3.8, 4) is 0 Å². The van der Waals surface area contributed by atoms with Crippen LogP contribution in [0.4, 0.5) is 0 Å². The van der Waals surface area contributed by atoms with Crippen LogP contribution in [0.3, 0.4) is 0 Å². The largest absolute Gasteiger partial charge is 0.509 e. The van der Waals surface area contributed by atoms with Crippen molar-refractivity contribution in [1.82, 2.24) is 0 Å². The van der Waals surface area contributed by atoms with Gasteiger partial charge in [-0.15, -0.1) is 0 Å².